The summed E-state index contributed by atoms with van der Waals surface area (Å²) >= 11 is 0. The monoisotopic (exact) mass is 362 g/mol. The summed E-state index contributed by atoms with van der Waals surface area (Å²) in [5.41, 5.74) is 6.87. The van der Waals surface area contributed by atoms with Crippen molar-refractivity contribution in [3.8, 4) is 17.6 Å². The molecule has 3 aromatic rings. The molecule has 3 rings (SSSR count). The van der Waals surface area contributed by atoms with E-state index in [1.807, 2.05) is 0 Å². The number of carbonyl (C=O) groups excluding carboxylic acids is 1. The number of aryl methyl sites for hydroxylation is 1. The third-order valence-electron chi connectivity index (χ3n) is 3.77. The number of halogens is 1. The summed E-state index contributed by atoms with van der Waals surface area (Å²) in [6, 6.07) is 16.9. The molecule has 0 unspecified atom stereocenters. The number of nitrogens with one attached hydrogen (secondary N) is 1. The Bertz CT molecular complexity index is 1040. The lowest BCUT2D eigenvalue weighted by Gasteiger charge is -2.10. The van der Waals surface area contributed by atoms with E-state index in [4.69, 9.17) is 15.7 Å². The number of nitrogen functional groups attached to an aromatic ring is 1. The Morgan fingerprint density at radius 2 is 1.93 bits per heavy atom. The molecule has 0 aliphatic heterocycles. The third kappa shape index (κ3) is 4.02. The molecule has 3 N–H and O–H groups in total. The summed E-state index contributed by atoms with van der Waals surface area (Å²) in [7, 11) is 0. The van der Waals surface area contributed by atoms with Crippen molar-refractivity contribution in [2.24, 2.45) is 0 Å². The average molecular weight is 362 g/mol. The minimum Gasteiger partial charge on any atom is -0.456 e. The highest BCUT2D eigenvalue weighted by Crippen LogP contribution is 2.26. The molecule has 6 nitrogen and oxygen atoms in total. The highest BCUT2D eigenvalue weighted by atomic mass is 19.1. The van der Waals surface area contributed by atoms with Crippen molar-refractivity contribution in [1.82, 2.24) is 4.98 Å². The summed E-state index contributed by atoms with van der Waals surface area (Å²) < 4.78 is 19.1. The summed E-state index contributed by atoms with van der Waals surface area (Å²) in [4.78, 5) is 15.9. The lowest BCUT2D eigenvalue weighted by atomic mass is 10.1. The predicted molar refractivity (Wildman–Crippen MR) is 99.0 cm³/mol. The number of nitrogens with zero attached hydrogens (tertiary/aromatic N) is 2. The Balaban J connectivity index is 1.74. The molecule has 1 aromatic heterocycles. The molecular formula is C20H15FN4O2. The van der Waals surface area contributed by atoms with E-state index in [1.54, 1.807) is 48.5 Å². The zero-order chi connectivity index (χ0) is 19.4. The van der Waals surface area contributed by atoms with E-state index in [0.29, 0.717) is 22.7 Å². The van der Waals surface area contributed by atoms with E-state index in [1.165, 1.54) is 13.0 Å². The van der Waals surface area contributed by atoms with Crippen molar-refractivity contribution in [3.05, 3.63) is 77.2 Å². The van der Waals surface area contributed by atoms with Crippen LogP contribution in [-0.4, -0.2) is 10.9 Å². The zero-order valence-corrected chi connectivity index (χ0v) is 14.4. The number of rotatable bonds is 4. The summed E-state index contributed by atoms with van der Waals surface area (Å²) in [5.74, 6) is -0.426. The molecule has 0 atom stereocenters. The molecule has 0 saturated carbocycles. The number of hydrogen-bond acceptors (Lipinski definition) is 5. The topological polar surface area (TPSA) is 101 Å². The quantitative estimate of drug-likeness (QED) is 0.683. The van der Waals surface area contributed by atoms with Gasteiger partial charge in [0, 0.05) is 11.3 Å². The average Bonchev–Trinajstić information content (AvgIpc) is 2.66. The molecule has 2 aromatic carbocycles. The minimum atomic E-state index is -0.705. The molecule has 1 heterocycles. The molecule has 7 heteroatoms. The van der Waals surface area contributed by atoms with Gasteiger partial charge in [-0.25, -0.2) is 4.98 Å². The lowest BCUT2D eigenvalue weighted by Crippen LogP contribution is -2.16. The van der Waals surface area contributed by atoms with E-state index in [-0.39, 0.29) is 16.9 Å². The largest absolute Gasteiger partial charge is 0.456 e. The van der Waals surface area contributed by atoms with Crippen LogP contribution in [0.2, 0.25) is 0 Å². The van der Waals surface area contributed by atoms with Gasteiger partial charge in [-0.05, 0) is 49.4 Å². The van der Waals surface area contributed by atoms with Crippen molar-refractivity contribution < 1.29 is 13.9 Å². The van der Waals surface area contributed by atoms with Crippen LogP contribution in [0.1, 0.15) is 21.5 Å². The third-order valence-corrected chi connectivity index (χ3v) is 3.77. The molecule has 134 valence electrons. The van der Waals surface area contributed by atoms with Crippen molar-refractivity contribution >= 4 is 17.4 Å². The SMILES string of the molecule is Cc1cc(C(=O)Nc2ccc(Oc3ccccc3C#N)cc2)c(N)nc1F. The zero-order valence-electron chi connectivity index (χ0n) is 14.4. The molecule has 0 saturated heterocycles. The second kappa shape index (κ2) is 7.54. The highest BCUT2D eigenvalue weighted by molar-refractivity contribution is 6.07. The van der Waals surface area contributed by atoms with Gasteiger partial charge in [0.15, 0.2) is 0 Å². The Morgan fingerprint density at radius 1 is 1.22 bits per heavy atom. The van der Waals surface area contributed by atoms with Gasteiger partial charge in [0.1, 0.15) is 23.4 Å². The smallest absolute Gasteiger partial charge is 0.259 e. The van der Waals surface area contributed by atoms with Gasteiger partial charge < -0.3 is 15.8 Å². The van der Waals surface area contributed by atoms with Crippen LogP contribution >= 0.6 is 0 Å². The first-order chi connectivity index (χ1) is 13.0. The molecule has 0 aliphatic carbocycles. The first kappa shape index (κ1) is 17.9. The number of para-hydroxylation sites is 1. The Hall–Kier alpha value is -3.92. The van der Waals surface area contributed by atoms with E-state index in [0.717, 1.165) is 0 Å². The molecule has 0 bridgehead atoms. The fraction of sp³-hybridized carbons (Fsp3) is 0.0500. The van der Waals surface area contributed by atoms with Crippen molar-refractivity contribution in [2.75, 3.05) is 11.1 Å². The van der Waals surface area contributed by atoms with Crippen LogP contribution in [0.4, 0.5) is 15.9 Å². The normalized spacial score (nSPS) is 10.1. The number of nitriles is 1. The number of nitrogens with two attached hydrogens (primary N) is 1. The minimum absolute atomic E-state index is 0.0946. The summed E-state index contributed by atoms with van der Waals surface area (Å²) in [6.07, 6.45) is 0. The Labute approximate surface area is 155 Å². The van der Waals surface area contributed by atoms with Crippen LogP contribution < -0.4 is 15.8 Å². The summed E-state index contributed by atoms with van der Waals surface area (Å²) in [5, 5.41) is 11.8. The Kier molecular flexibility index (Phi) is 4.99. The number of benzene rings is 2. The van der Waals surface area contributed by atoms with Crippen LogP contribution in [0.5, 0.6) is 11.5 Å². The van der Waals surface area contributed by atoms with Gasteiger partial charge in [0.05, 0.1) is 11.1 Å². The number of amides is 1. The second-order valence-corrected chi connectivity index (χ2v) is 5.72. The number of anilines is 2. The predicted octanol–water partition coefficient (Wildman–Crippen LogP) is 4.03. The van der Waals surface area contributed by atoms with Gasteiger partial charge in [-0.15, -0.1) is 0 Å². The molecule has 0 radical (unpaired) electrons. The number of aromatic nitrogens is 1. The number of hydrogen-bond donors (Lipinski definition) is 2. The van der Waals surface area contributed by atoms with Gasteiger partial charge in [-0.3, -0.25) is 4.79 Å². The van der Waals surface area contributed by atoms with E-state index in [2.05, 4.69) is 16.4 Å². The van der Waals surface area contributed by atoms with Gasteiger partial charge >= 0.3 is 0 Å². The van der Waals surface area contributed by atoms with Crippen LogP contribution in [0.3, 0.4) is 0 Å². The molecule has 1 amide bonds. The fourth-order valence-corrected chi connectivity index (χ4v) is 2.37. The molecule has 0 aliphatic rings. The van der Waals surface area contributed by atoms with Gasteiger partial charge in [0.25, 0.3) is 5.91 Å². The van der Waals surface area contributed by atoms with Crippen molar-refractivity contribution in [3.63, 3.8) is 0 Å². The lowest BCUT2D eigenvalue weighted by molar-refractivity contribution is 0.102. The van der Waals surface area contributed by atoms with Crippen molar-refractivity contribution in [1.29, 1.82) is 5.26 Å². The fourth-order valence-electron chi connectivity index (χ4n) is 2.37. The van der Waals surface area contributed by atoms with E-state index < -0.39 is 11.9 Å². The van der Waals surface area contributed by atoms with Crippen molar-refractivity contribution in [2.45, 2.75) is 6.92 Å². The second-order valence-electron chi connectivity index (χ2n) is 5.72. The Morgan fingerprint density at radius 3 is 2.63 bits per heavy atom. The number of carbonyl (C=O) groups is 1. The van der Waals surface area contributed by atoms with Crippen LogP contribution in [-0.2, 0) is 0 Å². The highest BCUT2D eigenvalue weighted by Gasteiger charge is 2.14. The maximum atomic E-state index is 13.4. The maximum Gasteiger partial charge on any atom is 0.259 e. The van der Waals surface area contributed by atoms with Crippen LogP contribution in [0.25, 0.3) is 0 Å². The van der Waals surface area contributed by atoms with Gasteiger partial charge in [-0.1, -0.05) is 12.1 Å². The van der Waals surface area contributed by atoms with Crippen LogP contribution in [0, 0.1) is 24.2 Å². The standard InChI is InChI=1S/C20H15FN4O2/c1-12-10-16(19(23)25-18(12)21)20(26)24-14-6-8-15(9-7-14)27-17-5-3-2-4-13(17)11-22/h2-10H,1H3,(H2,23,25)(H,24,26). The molecular weight excluding hydrogens is 347 g/mol. The molecule has 0 fully saturated rings. The van der Waals surface area contributed by atoms with Gasteiger partial charge in [-0.2, -0.15) is 9.65 Å². The van der Waals surface area contributed by atoms with Gasteiger partial charge in [0.2, 0.25) is 5.95 Å². The molecule has 27 heavy (non-hydrogen) atoms. The van der Waals surface area contributed by atoms with E-state index in [9.17, 15) is 9.18 Å². The molecule has 0 spiro atoms. The first-order valence-electron chi connectivity index (χ1n) is 7.99. The van der Waals surface area contributed by atoms with E-state index >= 15 is 0 Å². The number of pyridine rings is 1. The summed E-state index contributed by atoms with van der Waals surface area (Å²) in [6.45, 7) is 1.50. The number of ether oxygens (including phenoxy) is 1. The van der Waals surface area contributed by atoms with Crippen LogP contribution in [0.15, 0.2) is 54.6 Å². The first-order valence-corrected chi connectivity index (χ1v) is 7.99. The maximum absolute atomic E-state index is 13.4.